The van der Waals surface area contributed by atoms with Crippen LogP contribution in [-0.4, -0.2) is 22.9 Å². The van der Waals surface area contributed by atoms with Crippen molar-refractivity contribution in [3.05, 3.63) is 101 Å². The highest BCUT2D eigenvalue weighted by Gasteiger charge is 2.47. The van der Waals surface area contributed by atoms with Gasteiger partial charge < -0.3 is 9.84 Å². The Kier molecular flexibility index (Phi) is 6.05. The van der Waals surface area contributed by atoms with E-state index in [1.54, 1.807) is 24.3 Å². The van der Waals surface area contributed by atoms with Crippen LogP contribution < -0.4 is 9.64 Å². The molecule has 4 rings (SSSR count). The number of nitrogens with zero attached hydrogens (tertiary/aromatic N) is 1. The molecule has 0 radical (unpaired) electrons. The minimum absolute atomic E-state index is 0.0397. The lowest BCUT2D eigenvalue weighted by atomic mass is 9.95. The van der Waals surface area contributed by atoms with Crippen LogP contribution >= 0.6 is 0 Å². The van der Waals surface area contributed by atoms with Crippen LogP contribution in [0.3, 0.4) is 0 Å². The monoisotopic (exact) mass is 441 g/mol. The maximum absolute atomic E-state index is 13.3. The lowest BCUT2D eigenvalue weighted by molar-refractivity contribution is -0.132. The van der Waals surface area contributed by atoms with Gasteiger partial charge in [0.2, 0.25) is 0 Å². The van der Waals surface area contributed by atoms with Crippen LogP contribution in [0.25, 0.3) is 5.76 Å². The first-order valence-corrected chi connectivity index (χ1v) is 11.0. The Bertz CT molecular complexity index is 1240. The molecule has 0 saturated carbocycles. The quantitative estimate of drug-likeness (QED) is 0.313. The second kappa shape index (κ2) is 8.94. The van der Waals surface area contributed by atoms with Crippen molar-refractivity contribution in [1.82, 2.24) is 0 Å². The minimum atomic E-state index is -0.747. The summed E-state index contributed by atoms with van der Waals surface area (Å²) in [6.45, 7) is 7.79. The molecule has 1 atom stereocenters. The molecule has 1 aliphatic rings. The molecule has 5 heteroatoms. The summed E-state index contributed by atoms with van der Waals surface area (Å²) in [5, 5.41) is 11.3. The zero-order valence-corrected chi connectivity index (χ0v) is 19.2. The van der Waals surface area contributed by atoms with Crippen LogP contribution in [0.2, 0.25) is 0 Å². The summed E-state index contributed by atoms with van der Waals surface area (Å²) < 4.78 is 5.75. The van der Waals surface area contributed by atoms with Gasteiger partial charge in [0, 0.05) is 11.3 Å². The van der Waals surface area contributed by atoms with E-state index >= 15 is 0 Å². The van der Waals surface area contributed by atoms with E-state index in [-0.39, 0.29) is 17.4 Å². The third kappa shape index (κ3) is 4.27. The first-order valence-electron chi connectivity index (χ1n) is 11.0. The van der Waals surface area contributed by atoms with Crippen molar-refractivity contribution in [2.24, 2.45) is 0 Å². The van der Waals surface area contributed by atoms with E-state index in [0.717, 1.165) is 16.7 Å². The molecule has 1 amide bonds. The van der Waals surface area contributed by atoms with Gasteiger partial charge >= 0.3 is 0 Å². The van der Waals surface area contributed by atoms with Crippen LogP contribution in [0.4, 0.5) is 5.69 Å². The van der Waals surface area contributed by atoms with Crippen molar-refractivity contribution in [2.45, 2.75) is 39.8 Å². The minimum Gasteiger partial charge on any atom is -0.507 e. The molecule has 3 aromatic rings. The number of aliphatic hydroxyl groups is 1. The van der Waals surface area contributed by atoms with Crippen molar-refractivity contribution in [3.8, 4) is 5.75 Å². The fourth-order valence-electron chi connectivity index (χ4n) is 4.07. The number of ether oxygens (including phenoxy) is 1. The maximum atomic E-state index is 13.3. The number of ketones is 1. The Labute approximate surface area is 193 Å². The first-order chi connectivity index (χ1) is 15.8. The number of rotatable bonds is 5. The molecule has 168 valence electrons. The van der Waals surface area contributed by atoms with Crippen LogP contribution in [0.5, 0.6) is 5.75 Å². The number of hydrogen-bond acceptors (Lipinski definition) is 4. The van der Waals surface area contributed by atoms with Gasteiger partial charge in [-0.3, -0.25) is 14.5 Å². The molecular formula is C28H27NO4. The zero-order valence-electron chi connectivity index (χ0n) is 19.2. The van der Waals surface area contributed by atoms with Gasteiger partial charge in [0.1, 0.15) is 11.5 Å². The average Bonchev–Trinajstić information content (AvgIpc) is 3.06. The van der Waals surface area contributed by atoms with Crippen molar-refractivity contribution >= 4 is 23.1 Å². The largest absolute Gasteiger partial charge is 0.507 e. The highest BCUT2D eigenvalue weighted by molar-refractivity contribution is 6.51. The molecule has 33 heavy (non-hydrogen) atoms. The molecule has 5 nitrogen and oxygen atoms in total. The summed E-state index contributed by atoms with van der Waals surface area (Å²) in [6, 6.07) is 21.1. The lowest BCUT2D eigenvalue weighted by Gasteiger charge is -2.26. The molecule has 1 saturated heterocycles. The third-order valence-corrected chi connectivity index (χ3v) is 5.81. The Balaban J connectivity index is 1.90. The summed E-state index contributed by atoms with van der Waals surface area (Å²) in [7, 11) is 0. The Hall–Kier alpha value is -3.86. The van der Waals surface area contributed by atoms with Gasteiger partial charge in [-0.05, 0) is 68.7 Å². The van der Waals surface area contributed by atoms with Crippen LogP contribution in [0, 0.1) is 13.8 Å². The number of anilines is 1. The SMILES string of the molecule is Cc1ccc(N2C(=O)C(=O)/C(=C(/O)c3cccc(OC(C)C)c3)C2c2ccccc2)cc1C. The number of aryl methyl sites for hydroxylation is 2. The van der Waals surface area contributed by atoms with Gasteiger partial charge in [-0.2, -0.15) is 0 Å². The number of Topliss-reactive ketones (excluding diaryl/α,β-unsaturated/α-hetero) is 1. The first kappa shape index (κ1) is 22.3. The smallest absolute Gasteiger partial charge is 0.300 e. The summed E-state index contributed by atoms with van der Waals surface area (Å²) in [4.78, 5) is 28.0. The van der Waals surface area contributed by atoms with E-state index in [4.69, 9.17) is 4.74 Å². The number of carbonyl (C=O) groups excluding carboxylic acids is 2. The number of amides is 1. The van der Waals surface area contributed by atoms with Crippen LogP contribution in [0.15, 0.2) is 78.4 Å². The Morgan fingerprint density at radius 1 is 0.909 bits per heavy atom. The van der Waals surface area contributed by atoms with E-state index in [2.05, 4.69) is 0 Å². The van der Waals surface area contributed by atoms with E-state index in [0.29, 0.717) is 17.0 Å². The van der Waals surface area contributed by atoms with Gasteiger partial charge in [-0.1, -0.05) is 48.5 Å². The summed E-state index contributed by atoms with van der Waals surface area (Å²) >= 11 is 0. The Morgan fingerprint density at radius 3 is 2.30 bits per heavy atom. The van der Waals surface area contributed by atoms with Crippen molar-refractivity contribution in [3.63, 3.8) is 0 Å². The highest BCUT2D eigenvalue weighted by Crippen LogP contribution is 2.42. The molecule has 0 bridgehead atoms. The van der Waals surface area contributed by atoms with E-state index < -0.39 is 17.7 Å². The maximum Gasteiger partial charge on any atom is 0.300 e. The van der Waals surface area contributed by atoms with E-state index in [9.17, 15) is 14.7 Å². The van der Waals surface area contributed by atoms with Crippen molar-refractivity contribution < 1.29 is 19.4 Å². The van der Waals surface area contributed by atoms with Gasteiger partial charge in [-0.15, -0.1) is 0 Å². The standard InChI is InChI=1S/C28H27NO4/c1-17(2)33-23-12-8-11-21(16-23)26(30)24-25(20-9-6-5-7-10-20)29(28(32)27(24)31)22-14-13-18(3)19(4)15-22/h5-17,25,30H,1-4H3/b26-24+. The van der Waals surface area contributed by atoms with Gasteiger partial charge in [0.15, 0.2) is 0 Å². The highest BCUT2D eigenvalue weighted by atomic mass is 16.5. The summed E-state index contributed by atoms with van der Waals surface area (Å²) in [5.74, 6) is -1.02. The lowest BCUT2D eigenvalue weighted by Crippen LogP contribution is -2.29. The average molecular weight is 442 g/mol. The third-order valence-electron chi connectivity index (χ3n) is 5.81. The predicted octanol–water partition coefficient (Wildman–Crippen LogP) is 5.72. The molecule has 1 N–H and O–H groups in total. The molecular weight excluding hydrogens is 414 g/mol. The van der Waals surface area contributed by atoms with Crippen molar-refractivity contribution in [2.75, 3.05) is 4.90 Å². The number of aliphatic hydroxyl groups excluding tert-OH is 1. The molecule has 1 fully saturated rings. The van der Waals surface area contributed by atoms with Crippen molar-refractivity contribution in [1.29, 1.82) is 0 Å². The molecule has 1 unspecified atom stereocenters. The number of benzene rings is 3. The summed E-state index contributed by atoms with van der Waals surface area (Å²) in [6.07, 6.45) is -0.0397. The Morgan fingerprint density at radius 2 is 1.64 bits per heavy atom. The fraction of sp³-hybridized carbons (Fsp3) is 0.214. The van der Waals surface area contributed by atoms with Gasteiger partial charge in [0.25, 0.3) is 11.7 Å². The fourth-order valence-corrected chi connectivity index (χ4v) is 4.07. The topological polar surface area (TPSA) is 66.8 Å². The molecule has 0 aliphatic carbocycles. The molecule has 0 spiro atoms. The molecule has 0 aromatic heterocycles. The normalized spacial score (nSPS) is 17.6. The molecule has 3 aromatic carbocycles. The van der Waals surface area contributed by atoms with Gasteiger partial charge in [-0.25, -0.2) is 0 Å². The number of carbonyl (C=O) groups is 2. The van der Waals surface area contributed by atoms with Crippen LogP contribution in [-0.2, 0) is 9.59 Å². The van der Waals surface area contributed by atoms with Gasteiger partial charge in [0.05, 0.1) is 17.7 Å². The second-order valence-corrected chi connectivity index (χ2v) is 8.54. The number of hydrogen-bond donors (Lipinski definition) is 1. The van der Waals surface area contributed by atoms with E-state index in [1.807, 2.05) is 76.2 Å². The van der Waals surface area contributed by atoms with Crippen LogP contribution in [0.1, 0.15) is 42.1 Å². The predicted molar refractivity (Wildman–Crippen MR) is 129 cm³/mol. The molecule has 1 heterocycles. The zero-order chi connectivity index (χ0) is 23.7. The second-order valence-electron chi connectivity index (χ2n) is 8.54. The van der Waals surface area contributed by atoms with E-state index in [1.165, 1.54) is 4.90 Å². The molecule has 1 aliphatic heterocycles. The summed E-state index contributed by atoms with van der Waals surface area (Å²) in [5.41, 5.74) is 3.95.